The fraction of sp³-hybridized carbons (Fsp3) is 0.235. The first-order valence-corrected chi connectivity index (χ1v) is 7.35. The van der Waals surface area contributed by atoms with E-state index < -0.39 is 0 Å². The van der Waals surface area contributed by atoms with Gasteiger partial charge in [0.15, 0.2) is 0 Å². The standard InChI is InChI=1S/C17H18ClFN2O/c1-12(17(22)20-15-9-7-14(19)8-10-15)21(2)11-13-5-3-4-6-16(13)18/h3-10,12H,11H2,1-2H3,(H,20,22)/t12-/m0/s1. The van der Waals surface area contributed by atoms with E-state index in [1.807, 2.05) is 43.1 Å². The number of halogens is 2. The maximum Gasteiger partial charge on any atom is 0.241 e. The third-order valence-corrected chi connectivity index (χ3v) is 3.90. The number of hydrogen-bond donors (Lipinski definition) is 1. The average Bonchev–Trinajstić information content (AvgIpc) is 2.51. The Morgan fingerprint density at radius 3 is 2.50 bits per heavy atom. The molecule has 0 saturated heterocycles. The van der Waals surface area contributed by atoms with Gasteiger partial charge in [0.05, 0.1) is 6.04 Å². The highest BCUT2D eigenvalue weighted by molar-refractivity contribution is 6.31. The summed E-state index contributed by atoms with van der Waals surface area (Å²) < 4.78 is 12.9. The maximum absolute atomic E-state index is 12.9. The second kappa shape index (κ2) is 7.38. The molecule has 0 aliphatic rings. The highest BCUT2D eigenvalue weighted by Crippen LogP contribution is 2.18. The van der Waals surface area contributed by atoms with Crippen LogP contribution in [0.1, 0.15) is 12.5 Å². The largest absolute Gasteiger partial charge is 0.325 e. The van der Waals surface area contributed by atoms with Gasteiger partial charge in [-0.3, -0.25) is 9.69 Å². The number of hydrogen-bond acceptors (Lipinski definition) is 2. The Morgan fingerprint density at radius 1 is 1.23 bits per heavy atom. The number of rotatable bonds is 5. The first-order valence-electron chi connectivity index (χ1n) is 6.97. The summed E-state index contributed by atoms with van der Waals surface area (Å²) in [6, 6.07) is 12.9. The van der Waals surface area contributed by atoms with Gasteiger partial charge >= 0.3 is 0 Å². The van der Waals surface area contributed by atoms with Crippen molar-refractivity contribution in [1.82, 2.24) is 4.90 Å². The Labute approximate surface area is 134 Å². The van der Waals surface area contributed by atoms with Gasteiger partial charge in [-0.2, -0.15) is 0 Å². The topological polar surface area (TPSA) is 32.3 Å². The van der Waals surface area contributed by atoms with E-state index in [0.29, 0.717) is 17.3 Å². The Balaban J connectivity index is 1.97. The van der Waals surface area contributed by atoms with Crippen LogP contribution in [0.2, 0.25) is 5.02 Å². The predicted octanol–water partition coefficient (Wildman–Crippen LogP) is 3.94. The Kier molecular flexibility index (Phi) is 5.52. The molecule has 2 aromatic rings. The SMILES string of the molecule is C[C@@H](C(=O)Nc1ccc(F)cc1)N(C)Cc1ccccc1Cl. The molecule has 0 fully saturated rings. The van der Waals surface area contributed by atoms with Gasteiger partial charge in [-0.15, -0.1) is 0 Å². The summed E-state index contributed by atoms with van der Waals surface area (Å²) in [4.78, 5) is 14.1. The lowest BCUT2D eigenvalue weighted by Crippen LogP contribution is -2.39. The number of amides is 1. The first-order chi connectivity index (χ1) is 10.5. The Bertz CT molecular complexity index is 645. The minimum atomic E-state index is -0.346. The minimum absolute atomic E-state index is 0.152. The van der Waals surface area contributed by atoms with Gasteiger partial charge in [0, 0.05) is 17.3 Å². The number of carbonyl (C=O) groups excluding carboxylic acids is 1. The monoisotopic (exact) mass is 320 g/mol. The fourth-order valence-electron chi connectivity index (χ4n) is 2.01. The molecule has 0 aliphatic carbocycles. The van der Waals surface area contributed by atoms with E-state index in [1.165, 1.54) is 24.3 Å². The summed E-state index contributed by atoms with van der Waals surface area (Å²) >= 11 is 6.13. The van der Waals surface area contributed by atoms with E-state index in [2.05, 4.69) is 5.32 Å². The van der Waals surface area contributed by atoms with Crippen molar-refractivity contribution in [3.8, 4) is 0 Å². The molecule has 0 bridgehead atoms. The summed E-state index contributed by atoms with van der Waals surface area (Å²) in [5.74, 6) is -0.483. The number of carbonyl (C=O) groups is 1. The van der Waals surface area contributed by atoms with Crippen molar-refractivity contribution in [1.29, 1.82) is 0 Å². The van der Waals surface area contributed by atoms with Crippen LogP contribution in [-0.2, 0) is 11.3 Å². The molecule has 3 nitrogen and oxygen atoms in total. The number of nitrogens with zero attached hydrogens (tertiary/aromatic N) is 1. The third kappa shape index (κ3) is 4.29. The molecule has 2 rings (SSSR count). The van der Waals surface area contributed by atoms with Crippen LogP contribution in [0.3, 0.4) is 0 Å². The Morgan fingerprint density at radius 2 is 1.86 bits per heavy atom. The highest BCUT2D eigenvalue weighted by Gasteiger charge is 2.19. The number of anilines is 1. The van der Waals surface area contributed by atoms with Gasteiger partial charge in [-0.05, 0) is 49.9 Å². The molecule has 1 N–H and O–H groups in total. The molecule has 1 amide bonds. The molecule has 22 heavy (non-hydrogen) atoms. The molecular formula is C17H18ClFN2O. The van der Waals surface area contributed by atoms with E-state index in [4.69, 9.17) is 11.6 Å². The zero-order valence-electron chi connectivity index (χ0n) is 12.5. The summed E-state index contributed by atoms with van der Waals surface area (Å²) in [6.45, 7) is 2.38. The van der Waals surface area contributed by atoms with E-state index in [-0.39, 0.29) is 17.8 Å². The zero-order chi connectivity index (χ0) is 16.1. The zero-order valence-corrected chi connectivity index (χ0v) is 13.3. The normalized spacial score (nSPS) is 12.2. The van der Waals surface area contributed by atoms with Crippen LogP contribution in [0.25, 0.3) is 0 Å². The van der Waals surface area contributed by atoms with Crippen molar-refractivity contribution < 1.29 is 9.18 Å². The van der Waals surface area contributed by atoms with Crippen LogP contribution in [0.5, 0.6) is 0 Å². The van der Waals surface area contributed by atoms with Crippen LogP contribution in [-0.4, -0.2) is 23.9 Å². The smallest absolute Gasteiger partial charge is 0.241 e. The molecule has 0 aliphatic heterocycles. The number of benzene rings is 2. The summed E-state index contributed by atoms with van der Waals surface area (Å²) in [5.41, 5.74) is 1.54. The lowest BCUT2D eigenvalue weighted by atomic mass is 10.2. The maximum atomic E-state index is 12.9. The van der Waals surface area contributed by atoms with Crippen molar-refractivity contribution in [2.24, 2.45) is 0 Å². The molecule has 0 unspecified atom stereocenters. The molecule has 2 aromatic carbocycles. The van der Waals surface area contributed by atoms with Gasteiger partial charge in [0.2, 0.25) is 5.91 Å². The molecule has 0 aromatic heterocycles. The molecular weight excluding hydrogens is 303 g/mol. The quantitative estimate of drug-likeness (QED) is 0.905. The highest BCUT2D eigenvalue weighted by atomic mass is 35.5. The molecule has 0 radical (unpaired) electrons. The average molecular weight is 321 g/mol. The van der Waals surface area contributed by atoms with Crippen LogP contribution >= 0.6 is 11.6 Å². The van der Waals surface area contributed by atoms with E-state index in [0.717, 1.165) is 5.56 Å². The van der Waals surface area contributed by atoms with Gasteiger partial charge in [-0.25, -0.2) is 4.39 Å². The van der Waals surface area contributed by atoms with Crippen LogP contribution in [0.4, 0.5) is 10.1 Å². The van der Waals surface area contributed by atoms with Crippen LogP contribution < -0.4 is 5.32 Å². The van der Waals surface area contributed by atoms with Gasteiger partial charge in [0.1, 0.15) is 5.82 Å². The van der Waals surface area contributed by atoms with Gasteiger partial charge in [-0.1, -0.05) is 29.8 Å². The lowest BCUT2D eigenvalue weighted by Gasteiger charge is -2.24. The van der Waals surface area contributed by atoms with Gasteiger partial charge < -0.3 is 5.32 Å². The Hall–Kier alpha value is -1.91. The van der Waals surface area contributed by atoms with Crippen molar-refractivity contribution in [3.63, 3.8) is 0 Å². The van der Waals surface area contributed by atoms with Crippen molar-refractivity contribution in [3.05, 3.63) is 64.9 Å². The van der Waals surface area contributed by atoms with E-state index in [9.17, 15) is 9.18 Å². The molecule has 0 saturated carbocycles. The third-order valence-electron chi connectivity index (χ3n) is 3.53. The summed E-state index contributed by atoms with van der Waals surface area (Å²) in [6.07, 6.45) is 0. The van der Waals surface area contributed by atoms with E-state index in [1.54, 1.807) is 0 Å². The predicted molar refractivity (Wildman–Crippen MR) is 87.4 cm³/mol. The summed E-state index contributed by atoms with van der Waals surface area (Å²) in [5, 5.41) is 3.45. The molecule has 0 heterocycles. The second-order valence-corrected chi connectivity index (χ2v) is 5.59. The molecule has 5 heteroatoms. The minimum Gasteiger partial charge on any atom is -0.325 e. The summed E-state index contributed by atoms with van der Waals surface area (Å²) in [7, 11) is 1.86. The van der Waals surface area contributed by atoms with Crippen LogP contribution in [0, 0.1) is 5.82 Å². The number of nitrogens with one attached hydrogen (secondary N) is 1. The van der Waals surface area contributed by atoms with Crippen molar-refractivity contribution in [2.75, 3.05) is 12.4 Å². The lowest BCUT2D eigenvalue weighted by molar-refractivity contribution is -0.120. The number of likely N-dealkylation sites (N-methyl/N-ethyl adjacent to an activating group) is 1. The van der Waals surface area contributed by atoms with Crippen LogP contribution in [0.15, 0.2) is 48.5 Å². The van der Waals surface area contributed by atoms with Crippen molar-refractivity contribution in [2.45, 2.75) is 19.5 Å². The van der Waals surface area contributed by atoms with Crippen molar-refractivity contribution >= 4 is 23.2 Å². The fourth-order valence-corrected chi connectivity index (χ4v) is 2.21. The van der Waals surface area contributed by atoms with E-state index >= 15 is 0 Å². The van der Waals surface area contributed by atoms with Gasteiger partial charge in [0.25, 0.3) is 0 Å². The first kappa shape index (κ1) is 16.5. The molecule has 0 spiro atoms. The molecule has 1 atom stereocenters. The second-order valence-electron chi connectivity index (χ2n) is 5.18. The molecule has 116 valence electrons.